The van der Waals surface area contributed by atoms with E-state index in [1.54, 1.807) is 26.0 Å². The predicted octanol–water partition coefficient (Wildman–Crippen LogP) is 1.57. The fourth-order valence-electron chi connectivity index (χ4n) is 1.61. The van der Waals surface area contributed by atoms with E-state index in [9.17, 15) is 4.79 Å². The van der Waals surface area contributed by atoms with Gasteiger partial charge in [0.2, 0.25) is 0 Å². The summed E-state index contributed by atoms with van der Waals surface area (Å²) >= 11 is 0. The molecule has 0 saturated carbocycles. The molecular formula is C13H15NO2. The SMILES string of the molecule is CNCC#Cc1cc(C)c(C(=O)O)c(C)c1. The number of carbonyl (C=O) groups is 1. The second-order valence-corrected chi connectivity index (χ2v) is 3.62. The number of nitrogens with one attached hydrogen (secondary N) is 1. The van der Waals surface area contributed by atoms with Crippen molar-refractivity contribution in [2.45, 2.75) is 13.8 Å². The number of benzene rings is 1. The van der Waals surface area contributed by atoms with E-state index in [2.05, 4.69) is 17.2 Å². The number of carboxylic acids is 1. The Hall–Kier alpha value is -1.79. The molecule has 0 radical (unpaired) electrons. The highest BCUT2D eigenvalue weighted by Crippen LogP contribution is 2.16. The van der Waals surface area contributed by atoms with E-state index < -0.39 is 5.97 Å². The number of aryl methyl sites for hydroxylation is 2. The summed E-state index contributed by atoms with van der Waals surface area (Å²) in [4.78, 5) is 11.0. The average molecular weight is 217 g/mol. The zero-order valence-electron chi connectivity index (χ0n) is 9.72. The van der Waals surface area contributed by atoms with Crippen LogP contribution in [-0.4, -0.2) is 24.7 Å². The predicted molar refractivity (Wildman–Crippen MR) is 63.7 cm³/mol. The first kappa shape index (κ1) is 12.3. The molecule has 2 N–H and O–H groups in total. The van der Waals surface area contributed by atoms with Crippen LogP contribution in [0.3, 0.4) is 0 Å². The van der Waals surface area contributed by atoms with E-state index in [0.29, 0.717) is 12.1 Å². The molecule has 3 nitrogen and oxygen atoms in total. The van der Waals surface area contributed by atoms with Crippen LogP contribution in [0.15, 0.2) is 12.1 Å². The highest BCUT2D eigenvalue weighted by atomic mass is 16.4. The Morgan fingerprint density at radius 3 is 2.38 bits per heavy atom. The summed E-state index contributed by atoms with van der Waals surface area (Å²) in [6, 6.07) is 3.61. The zero-order valence-corrected chi connectivity index (χ0v) is 9.72. The van der Waals surface area contributed by atoms with E-state index in [4.69, 9.17) is 5.11 Å². The van der Waals surface area contributed by atoms with Gasteiger partial charge in [-0.1, -0.05) is 11.8 Å². The first-order valence-electron chi connectivity index (χ1n) is 5.04. The number of carboxylic acid groups (broad SMARTS) is 1. The molecule has 1 aromatic rings. The molecule has 0 atom stereocenters. The van der Waals surface area contributed by atoms with Gasteiger partial charge >= 0.3 is 5.97 Å². The van der Waals surface area contributed by atoms with Crippen LogP contribution in [-0.2, 0) is 0 Å². The van der Waals surface area contributed by atoms with Crippen LogP contribution in [0, 0.1) is 25.7 Å². The lowest BCUT2D eigenvalue weighted by atomic mass is 9.99. The molecule has 1 aromatic carbocycles. The third-order valence-corrected chi connectivity index (χ3v) is 2.24. The molecule has 0 bridgehead atoms. The molecule has 0 spiro atoms. The molecule has 0 aliphatic rings. The summed E-state index contributed by atoms with van der Waals surface area (Å²) in [7, 11) is 1.83. The minimum atomic E-state index is -0.885. The summed E-state index contributed by atoms with van der Waals surface area (Å²) in [6.45, 7) is 4.21. The largest absolute Gasteiger partial charge is 0.478 e. The second-order valence-electron chi connectivity index (χ2n) is 3.62. The van der Waals surface area contributed by atoms with Gasteiger partial charge in [0.1, 0.15) is 0 Å². The Labute approximate surface area is 95.5 Å². The normalized spacial score (nSPS) is 9.44. The summed E-state index contributed by atoms with van der Waals surface area (Å²) in [6.07, 6.45) is 0. The van der Waals surface area contributed by atoms with Crippen LogP contribution < -0.4 is 5.32 Å². The van der Waals surface area contributed by atoms with Crippen molar-refractivity contribution in [3.63, 3.8) is 0 Å². The fourth-order valence-corrected chi connectivity index (χ4v) is 1.61. The lowest BCUT2D eigenvalue weighted by Crippen LogP contribution is -2.05. The van der Waals surface area contributed by atoms with E-state index in [1.807, 2.05) is 7.05 Å². The van der Waals surface area contributed by atoms with Crippen LogP contribution >= 0.6 is 0 Å². The first-order chi connectivity index (χ1) is 7.56. The van der Waals surface area contributed by atoms with E-state index >= 15 is 0 Å². The van der Waals surface area contributed by atoms with Crippen molar-refractivity contribution in [2.24, 2.45) is 0 Å². The van der Waals surface area contributed by atoms with Gasteiger partial charge in [-0.2, -0.15) is 0 Å². The van der Waals surface area contributed by atoms with Gasteiger partial charge in [-0.25, -0.2) is 4.79 Å². The molecule has 84 valence electrons. The topological polar surface area (TPSA) is 49.3 Å². The summed E-state index contributed by atoms with van der Waals surface area (Å²) < 4.78 is 0. The van der Waals surface area contributed by atoms with Crippen LogP contribution in [0.4, 0.5) is 0 Å². The summed E-state index contributed by atoms with van der Waals surface area (Å²) in [5, 5.41) is 11.9. The molecule has 0 fully saturated rings. The van der Waals surface area contributed by atoms with Gasteiger partial charge in [0, 0.05) is 5.56 Å². The molecule has 1 rings (SSSR count). The molecule has 0 aliphatic heterocycles. The molecule has 3 heteroatoms. The van der Waals surface area contributed by atoms with E-state index in [0.717, 1.165) is 16.7 Å². The van der Waals surface area contributed by atoms with Crippen molar-refractivity contribution in [2.75, 3.05) is 13.6 Å². The quantitative estimate of drug-likeness (QED) is 0.739. The number of hydrogen-bond donors (Lipinski definition) is 2. The monoisotopic (exact) mass is 217 g/mol. The van der Waals surface area contributed by atoms with Gasteiger partial charge in [-0.3, -0.25) is 0 Å². The van der Waals surface area contributed by atoms with Crippen molar-refractivity contribution in [1.82, 2.24) is 5.32 Å². The van der Waals surface area contributed by atoms with Crippen molar-refractivity contribution in [3.05, 3.63) is 34.4 Å². The summed E-state index contributed by atoms with van der Waals surface area (Å²) in [5.74, 6) is 5.05. The third kappa shape index (κ3) is 2.85. The maximum Gasteiger partial charge on any atom is 0.336 e. The number of hydrogen-bond acceptors (Lipinski definition) is 2. The number of aromatic carboxylic acids is 1. The van der Waals surface area contributed by atoms with Crippen LogP contribution in [0.25, 0.3) is 0 Å². The lowest BCUT2D eigenvalue weighted by Gasteiger charge is -2.05. The Bertz CT molecular complexity index is 444. The van der Waals surface area contributed by atoms with Gasteiger partial charge in [-0.15, -0.1) is 0 Å². The highest BCUT2D eigenvalue weighted by molar-refractivity contribution is 5.91. The van der Waals surface area contributed by atoms with Crippen LogP contribution in [0.1, 0.15) is 27.0 Å². The molecule has 0 heterocycles. The van der Waals surface area contributed by atoms with Crippen LogP contribution in [0.5, 0.6) is 0 Å². The molecule has 0 aromatic heterocycles. The zero-order chi connectivity index (χ0) is 12.1. The van der Waals surface area contributed by atoms with E-state index in [1.165, 1.54) is 0 Å². The van der Waals surface area contributed by atoms with Crippen LogP contribution in [0.2, 0.25) is 0 Å². The van der Waals surface area contributed by atoms with Crippen molar-refractivity contribution < 1.29 is 9.90 Å². The van der Waals surface area contributed by atoms with Gasteiger partial charge in [0.25, 0.3) is 0 Å². The number of rotatable bonds is 2. The Kier molecular flexibility index (Phi) is 4.10. The Balaban J connectivity index is 3.11. The maximum atomic E-state index is 11.0. The average Bonchev–Trinajstić information content (AvgIpc) is 2.16. The molecule has 0 saturated heterocycles. The first-order valence-corrected chi connectivity index (χ1v) is 5.04. The molecule has 0 unspecified atom stereocenters. The van der Waals surface area contributed by atoms with Gasteiger partial charge in [0.15, 0.2) is 0 Å². The van der Waals surface area contributed by atoms with Gasteiger partial charge < -0.3 is 10.4 Å². The minimum Gasteiger partial charge on any atom is -0.478 e. The highest BCUT2D eigenvalue weighted by Gasteiger charge is 2.10. The third-order valence-electron chi connectivity index (χ3n) is 2.24. The smallest absolute Gasteiger partial charge is 0.336 e. The lowest BCUT2D eigenvalue weighted by molar-refractivity contribution is 0.0695. The molecule has 16 heavy (non-hydrogen) atoms. The maximum absolute atomic E-state index is 11.0. The van der Waals surface area contributed by atoms with Crippen molar-refractivity contribution in [1.29, 1.82) is 0 Å². The molecular weight excluding hydrogens is 202 g/mol. The van der Waals surface area contributed by atoms with Gasteiger partial charge in [0.05, 0.1) is 12.1 Å². The summed E-state index contributed by atoms with van der Waals surface area (Å²) in [5.41, 5.74) is 2.73. The van der Waals surface area contributed by atoms with Gasteiger partial charge in [-0.05, 0) is 44.2 Å². The fraction of sp³-hybridized carbons (Fsp3) is 0.308. The Morgan fingerprint density at radius 2 is 1.94 bits per heavy atom. The van der Waals surface area contributed by atoms with Crippen molar-refractivity contribution >= 4 is 5.97 Å². The second kappa shape index (κ2) is 5.34. The Morgan fingerprint density at radius 1 is 1.38 bits per heavy atom. The molecule has 0 amide bonds. The van der Waals surface area contributed by atoms with E-state index in [-0.39, 0.29) is 0 Å². The standard InChI is InChI=1S/C13H15NO2/c1-9-7-11(5-4-6-14-3)8-10(2)12(9)13(15)16/h7-8,14H,6H2,1-3H3,(H,15,16). The minimum absolute atomic E-state index is 0.374. The molecule has 0 aliphatic carbocycles. The van der Waals surface area contributed by atoms with Crippen molar-refractivity contribution in [3.8, 4) is 11.8 Å².